The molecule has 0 atom stereocenters. The highest BCUT2D eigenvalue weighted by atomic mass is 79.9. The van der Waals surface area contributed by atoms with Crippen LogP contribution in [0.5, 0.6) is 0 Å². The molecule has 0 aliphatic heterocycles. The molecule has 102 valence electrons. The van der Waals surface area contributed by atoms with Crippen molar-refractivity contribution in [2.24, 2.45) is 0 Å². The standard InChI is InChI=1S/C12H7BrFN3O3/c13-7-5-6(1-2-8(7)14)11(18)17-10-9(12(19)20)15-3-4-16-10/h1-5H,(H,19,20)(H,16,17,18). The molecule has 2 rings (SSSR count). The lowest BCUT2D eigenvalue weighted by Gasteiger charge is -2.06. The van der Waals surface area contributed by atoms with Gasteiger partial charge in [0.1, 0.15) is 5.82 Å². The number of aromatic carboxylic acids is 1. The van der Waals surface area contributed by atoms with Gasteiger partial charge in [-0.25, -0.2) is 19.2 Å². The summed E-state index contributed by atoms with van der Waals surface area (Å²) in [6.07, 6.45) is 2.45. The highest BCUT2D eigenvalue weighted by Gasteiger charge is 2.16. The maximum absolute atomic E-state index is 13.1. The summed E-state index contributed by atoms with van der Waals surface area (Å²) in [6.45, 7) is 0. The van der Waals surface area contributed by atoms with Crippen LogP contribution in [0.3, 0.4) is 0 Å². The van der Waals surface area contributed by atoms with Crippen molar-refractivity contribution >= 4 is 33.6 Å². The molecule has 2 N–H and O–H groups in total. The number of hydrogen-bond acceptors (Lipinski definition) is 4. The Kier molecular flexibility index (Phi) is 4.04. The average Bonchev–Trinajstić information content (AvgIpc) is 2.42. The third-order valence-electron chi connectivity index (χ3n) is 2.31. The summed E-state index contributed by atoms with van der Waals surface area (Å²) >= 11 is 2.96. The van der Waals surface area contributed by atoms with Crippen molar-refractivity contribution < 1.29 is 19.1 Å². The summed E-state index contributed by atoms with van der Waals surface area (Å²) in [5.41, 5.74) is -0.220. The Morgan fingerprint density at radius 1 is 1.25 bits per heavy atom. The van der Waals surface area contributed by atoms with E-state index in [9.17, 15) is 14.0 Å². The molecule has 1 aromatic carbocycles. The lowest BCUT2D eigenvalue weighted by atomic mass is 10.2. The maximum atomic E-state index is 13.1. The molecule has 6 nitrogen and oxygen atoms in total. The first kappa shape index (κ1) is 14.1. The fraction of sp³-hybridized carbons (Fsp3) is 0. The number of carbonyl (C=O) groups is 2. The van der Waals surface area contributed by atoms with Crippen LogP contribution in [0.1, 0.15) is 20.8 Å². The number of carbonyl (C=O) groups excluding carboxylic acids is 1. The summed E-state index contributed by atoms with van der Waals surface area (Å²) in [5.74, 6) is -2.61. The predicted octanol–water partition coefficient (Wildman–Crippen LogP) is 2.33. The van der Waals surface area contributed by atoms with E-state index in [0.29, 0.717) is 0 Å². The van der Waals surface area contributed by atoms with E-state index in [0.717, 1.165) is 6.07 Å². The molecule has 0 bridgehead atoms. The van der Waals surface area contributed by atoms with Crippen molar-refractivity contribution in [2.75, 3.05) is 5.32 Å². The van der Waals surface area contributed by atoms with Crippen molar-refractivity contribution in [3.8, 4) is 0 Å². The number of carboxylic acids is 1. The van der Waals surface area contributed by atoms with Crippen LogP contribution in [0.25, 0.3) is 0 Å². The van der Waals surface area contributed by atoms with Gasteiger partial charge in [-0.2, -0.15) is 0 Å². The summed E-state index contributed by atoms with van der Waals surface area (Å²) in [5, 5.41) is 11.2. The van der Waals surface area contributed by atoms with Gasteiger partial charge in [-0.3, -0.25) is 4.79 Å². The highest BCUT2D eigenvalue weighted by molar-refractivity contribution is 9.10. The van der Waals surface area contributed by atoms with E-state index >= 15 is 0 Å². The lowest BCUT2D eigenvalue weighted by Crippen LogP contribution is -2.17. The Balaban J connectivity index is 2.28. The topological polar surface area (TPSA) is 92.2 Å². The van der Waals surface area contributed by atoms with Crippen LogP contribution in [0, 0.1) is 5.82 Å². The summed E-state index contributed by atoms with van der Waals surface area (Å²) in [6, 6.07) is 3.67. The molecule has 1 amide bonds. The zero-order valence-electron chi connectivity index (χ0n) is 9.80. The molecule has 20 heavy (non-hydrogen) atoms. The van der Waals surface area contributed by atoms with Gasteiger partial charge >= 0.3 is 5.97 Å². The van der Waals surface area contributed by atoms with Crippen molar-refractivity contribution in [2.45, 2.75) is 0 Å². The van der Waals surface area contributed by atoms with Crippen LogP contribution in [0.4, 0.5) is 10.2 Å². The Morgan fingerprint density at radius 2 is 1.95 bits per heavy atom. The molecule has 1 heterocycles. The quantitative estimate of drug-likeness (QED) is 0.895. The van der Waals surface area contributed by atoms with Crippen molar-refractivity contribution in [3.05, 3.63) is 52.1 Å². The van der Waals surface area contributed by atoms with E-state index in [1.54, 1.807) is 0 Å². The maximum Gasteiger partial charge on any atom is 0.358 e. The minimum atomic E-state index is -1.31. The number of amides is 1. The van der Waals surface area contributed by atoms with Gasteiger partial charge in [-0.05, 0) is 34.1 Å². The van der Waals surface area contributed by atoms with Crippen molar-refractivity contribution in [3.63, 3.8) is 0 Å². The Hall–Kier alpha value is -2.35. The lowest BCUT2D eigenvalue weighted by molar-refractivity contribution is 0.0691. The van der Waals surface area contributed by atoms with Crippen LogP contribution in [0.2, 0.25) is 0 Å². The SMILES string of the molecule is O=C(Nc1nccnc1C(=O)O)c1ccc(F)c(Br)c1. The van der Waals surface area contributed by atoms with E-state index < -0.39 is 17.7 Å². The van der Waals surface area contributed by atoms with Gasteiger partial charge < -0.3 is 10.4 Å². The number of nitrogens with zero attached hydrogens (tertiary/aromatic N) is 2. The van der Waals surface area contributed by atoms with E-state index in [-0.39, 0.29) is 21.5 Å². The summed E-state index contributed by atoms with van der Waals surface area (Å²) in [7, 11) is 0. The molecular weight excluding hydrogens is 333 g/mol. The summed E-state index contributed by atoms with van der Waals surface area (Å²) in [4.78, 5) is 30.2. The van der Waals surface area contributed by atoms with E-state index in [1.165, 1.54) is 24.5 Å². The smallest absolute Gasteiger partial charge is 0.358 e. The zero-order chi connectivity index (χ0) is 14.7. The molecule has 0 aliphatic carbocycles. The molecule has 0 fully saturated rings. The largest absolute Gasteiger partial charge is 0.476 e. The van der Waals surface area contributed by atoms with Gasteiger partial charge in [0.15, 0.2) is 11.5 Å². The zero-order valence-corrected chi connectivity index (χ0v) is 11.4. The molecule has 0 aliphatic rings. The third-order valence-corrected chi connectivity index (χ3v) is 2.92. The number of aromatic nitrogens is 2. The monoisotopic (exact) mass is 339 g/mol. The normalized spacial score (nSPS) is 10.1. The van der Waals surface area contributed by atoms with Gasteiger partial charge in [0.2, 0.25) is 0 Å². The second-order valence-electron chi connectivity index (χ2n) is 3.64. The number of benzene rings is 1. The van der Waals surface area contributed by atoms with Gasteiger partial charge in [-0.15, -0.1) is 0 Å². The number of nitrogens with one attached hydrogen (secondary N) is 1. The predicted molar refractivity (Wildman–Crippen MR) is 71.0 cm³/mol. The van der Waals surface area contributed by atoms with Gasteiger partial charge in [-0.1, -0.05) is 0 Å². The van der Waals surface area contributed by atoms with Crippen LogP contribution >= 0.6 is 15.9 Å². The molecule has 0 saturated carbocycles. The molecule has 2 aromatic rings. The number of anilines is 1. The number of hydrogen-bond donors (Lipinski definition) is 2. The minimum Gasteiger partial charge on any atom is -0.476 e. The number of carboxylic acid groups (broad SMARTS) is 1. The fourth-order valence-electron chi connectivity index (χ4n) is 1.40. The Labute approximate surface area is 120 Å². The van der Waals surface area contributed by atoms with Crippen LogP contribution in [-0.2, 0) is 0 Å². The van der Waals surface area contributed by atoms with Crippen LogP contribution in [0.15, 0.2) is 35.1 Å². The highest BCUT2D eigenvalue weighted by Crippen LogP contribution is 2.18. The van der Waals surface area contributed by atoms with E-state index in [4.69, 9.17) is 5.11 Å². The first-order valence-corrected chi connectivity index (χ1v) is 6.09. The average molecular weight is 340 g/mol. The molecule has 8 heteroatoms. The van der Waals surface area contributed by atoms with Gasteiger partial charge in [0.25, 0.3) is 5.91 Å². The minimum absolute atomic E-state index is 0.128. The molecular formula is C12H7BrFN3O3. The van der Waals surface area contributed by atoms with E-state index in [2.05, 4.69) is 31.2 Å². The molecule has 0 saturated heterocycles. The molecule has 1 aromatic heterocycles. The van der Waals surface area contributed by atoms with Gasteiger partial charge in [0.05, 0.1) is 4.47 Å². The number of rotatable bonds is 3. The van der Waals surface area contributed by atoms with Crippen LogP contribution in [-0.4, -0.2) is 27.0 Å². The Bertz CT molecular complexity index is 693. The van der Waals surface area contributed by atoms with Crippen LogP contribution < -0.4 is 5.32 Å². The third kappa shape index (κ3) is 2.97. The van der Waals surface area contributed by atoms with Crippen molar-refractivity contribution in [1.82, 2.24) is 9.97 Å². The van der Waals surface area contributed by atoms with Gasteiger partial charge in [0, 0.05) is 18.0 Å². The molecule has 0 radical (unpaired) electrons. The first-order valence-electron chi connectivity index (χ1n) is 5.29. The fourth-order valence-corrected chi connectivity index (χ4v) is 1.78. The van der Waals surface area contributed by atoms with E-state index in [1.807, 2.05) is 0 Å². The second kappa shape index (κ2) is 5.74. The van der Waals surface area contributed by atoms with Crippen molar-refractivity contribution in [1.29, 1.82) is 0 Å². The molecule has 0 spiro atoms. The summed E-state index contributed by atoms with van der Waals surface area (Å²) < 4.78 is 13.2. The molecule has 0 unspecified atom stereocenters. The second-order valence-corrected chi connectivity index (χ2v) is 4.50. The first-order chi connectivity index (χ1) is 9.49. The Morgan fingerprint density at radius 3 is 2.60 bits per heavy atom. The number of halogens is 2.